The third kappa shape index (κ3) is 4.94. The Balaban J connectivity index is 0.00000106. The molecule has 3 heteroatoms. The van der Waals surface area contributed by atoms with Crippen molar-refractivity contribution in [2.75, 3.05) is 6.61 Å². The van der Waals surface area contributed by atoms with Crippen molar-refractivity contribution in [2.24, 2.45) is 0 Å². The highest BCUT2D eigenvalue weighted by molar-refractivity contribution is 5.76. The second-order valence-electron chi connectivity index (χ2n) is 3.07. The number of hydrogen-bond acceptors (Lipinski definition) is 2. The molecule has 1 atom stereocenters. The zero-order chi connectivity index (χ0) is 12.4. The fourth-order valence-corrected chi connectivity index (χ4v) is 1.22. The molecule has 0 aliphatic carbocycles. The van der Waals surface area contributed by atoms with Gasteiger partial charge in [-0.2, -0.15) is 0 Å². The Morgan fingerprint density at radius 2 is 1.88 bits per heavy atom. The summed E-state index contributed by atoms with van der Waals surface area (Å²) in [6.07, 6.45) is 0.434. The molecule has 1 unspecified atom stereocenters. The van der Waals surface area contributed by atoms with Gasteiger partial charge in [0.25, 0.3) is 0 Å². The molecule has 1 aromatic carbocycles. The van der Waals surface area contributed by atoms with Gasteiger partial charge in [0.2, 0.25) is 5.91 Å². The van der Waals surface area contributed by atoms with Crippen molar-refractivity contribution in [2.45, 2.75) is 33.2 Å². The van der Waals surface area contributed by atoms with Gasteiger partial charge in [-0.05, 0) is 5.56 Å². The molecule has 0 radical (unpaired) electrons. The molecule has 0 spiro atoms. The zero-order valence-corrected chi connectivity index (χ0v) is 10.2. The summed E-state index contributed by atoms with van der Waals surface area (Å²) < 4.78 is 0. The van der Waals surface area contributed by atoms with Gasteiger partial charge in [0.05, 0.1) is 12.6 Å². The number of aliphatic hydroxyl groups excluding tert-OH is 1. The number of benzene rings is 1. The quantitative estimate of drug-likeness (QED) is 0.822. The molecule has 3 nitrogen and oxygen atoms in total. The number of hydrogen-bond donors (Lipinski definition) is 2. The lowest BCUT2D eigenvalue weighted by Crippen LogP contribution is -2.29. The van der Waals surface area contributed by atoms with Crippen molar-refractivity contribution in [1.29, 1.82) is 0 Å². The Morgan fingerprint density at radius 1 is 1.31 bits per heavy atom. The summed E-state index contributed by atoms with van der Waals surface area (Å²) in [6.45, 7) is 5.71. The van der Waals surface area contributed by atoms with E-state index in [0.717, 1.165) is 5.56 Å². The van der Waals surface area contributed by atoms with Gasteiger partial charge >= 0.3 is 0 Å². The van der Waals surface area contributed by atoms with Crippen LogP contribution in [0.5, 0.6) is 0 Å². The van der Waals surface area contributed by atoms with Crippen molar-refractivity contribution in [3.05, 3.63) is 35.9 Å². The van der Waals surface area contributed by atoms with E-state index in [2.05, 4.69) is 5.32 Å². The fraction of sp³-hybridized carbons (Fsp3) is 0.462. The summed E-state index contributed by atoms with van der Waals surface area (Å²) in [4.78, 5) is 11.1. The molecule has 1 rings (SSSR count). The lowest BCUT2D eigenvalue weighted by Gasteiger charge is -2.15. The molecule has 0 aliphatic heterocycles. The third-order valence-electron chi connectivity index (χ3n) is 2.04. The standard InChI is InChI=1S/C11H15NO2.C2H6/c1-2-11(14)12-10(8-13)9-6-4-3-5-7-9;1-2/h3-7,10,13H,2,8H2,1H3,(H,12,14);1-2H3. The van der Waals surface area contributed by atoms with Crippen molar-refractivity contribution < 1.29 is 9.90 Å². The van der Waals surface area contributed by atoms with Gasteiger partial charge in [-0.1, -0.05) is 51.1 Å². The summed E-state index contributed by atoms with van der Waals surface area (Å²) in [6, 6.07) is 9.16. The topological polar surface area (TPSA) is 49.3 Å². The minimum absolute atomic E-state index is 0.0482. The van der Waals surface area contributed by atoms with Gasteiger partial charge in [-0.25, -0.2) is 0 Å². The molecule has 0 saturated carbocycles. The van der Waals surface area contributed by atoms with Crippen LogP contribution in [0, 0.1) is 0 Å². The molecule has 0 heterocycles. The molecule has 0 aromatic heterocycles. The summed E-state index contributed by atoms with van der Waals surface area (Å²) in [5, 5.41) is 11.9. The Morgan fingerprint density at radius 3 is 2.31 bits per heavy atom. The van der Waals surface area contributed by atoms with Crippen molar-refractivity contribution in [3.63, 3.8) is 0 Å². The minimum Gasteiger partial charge on any atom is -0.394 e. The molecule has 2 N–H and O–H groups in total. The van der Waals surface area contributed by atoms with E-state index >= 15 is 0 Å². The highest BCUT2D eigenvalue weighted by Crippen LogP contribution is 2.11. The Labute approximate surface area is 97.5 Å². The van der Waals surface area contributed by atoms with E-state index in [9.17, 15) is 4.79 Å². The van der Waals surface area contributed by atoms with Crippen LogP contribution in [0.2, 0.25) is 0 Å². The second-order valence-corrected chi connectivity index (χ2v) is 3.07. The summed E-state index contributed by atoms with van der Waals surface area (Å²) in [5.74, 6) is -0.0482. The van der Waals surface area contributed by atoms with E-state index < -0.39 is 0 Å². The van der Waals surface area contributed by atoms with E-state index in [0.29, 0.717) is 6.42 Å². The SMILES string of the molecule is CC.CCC(=O)NC(CO)c1ccccc1. The van der Waals surface area contributed by atoms with Gasteiger partial charge in [0.15, 0.2) is 0 Å². The third-order valence-corrected chi connectivity index (χ3v) is 2.04. The van der Waals surface area contributed by atoms with E-state index in [1.165, 1.54) is 0 Å². The van der Waals surface area contributed by atoms with Gasteiger partial charge in [0, 0.05) is 6.42 Å². The first-order valence-corrected chi connectivity index (χ1v) is 5.73. The summed E-state index contributed by atoms with van der Waals surface area (Å²) in [7, 11) is 0. The fourth-order valence-electron chi connectivity index (χ4n) is 1.22. The second kappa shape index (κ2) is 8.92. The monoisotopic (exact) mass is 223 g/mol. The molecular formula is C13H21NO2. The normalized spacial score (nSPS) is 11.0. The highest BCUT2D eigenvalue weighted by atomic mass is 16.3. The van der Waals surface area contributed by atoms with Gasteiger partial charge in [-0.15, -0.1) is 0 Å². The average Bonchev–Trinajstić information content (AvgIpc) is 2.39. The maximum absolute atomic E-state index is 11.1. The van der Waals surface area contributed by atoms with E-state index in [1.54, 1.807) is 6.92 Å². The Kier molecular flexibility index (Phi) is 8.17. The highest BCUT2D eigenvalue weighted by Gasteiger charge is 2.11. The van der Waals surface area contributed by atoms with Gasteiger partial charge < -0.3 is 10.4 Å². The van der Waals surface area contributed by atoms with Crippen LogP contribution in [-0.2, 0) is 4.79 Å². The van der Waals surface area contributed by atoms with Crippen molar-refractivity contribution in [3.8, 4) is 0 Å². The first-order valence-electron chi connectivity index (χ1n) is 5.73. The van der Waals surface area contributed by atoms with Crippen molar-refractivity contribution in [1.82, 2.24) is 5.32 Å². The van der Waals surface area contributed by atoms with E-state index in [1.807, 2.05) is 44.2 Å². The zero-order valence-electron chi connectivity index (χ0n) is 10.2. The Hall–Kier alpha value is -1.35. The molecule has 0 saturated heterocycles. The molecule has 1 aromatic rings. The number of aliphatic hydroxyl groups is 1. The minimum atomic E-state index is -0.288. The predicted octanol–water partition coefficient (Wildman–Crippen LogP) is 2.27. The first kappa shape index (κ1) is 14.6. The summed E-state index contributed by atoms with van der Waals surface area (Å²) >= 11 is 0. The average molecular weight is 223 g/mol. The van der Waals surface area contributed by atoms with Gasteiger partial charge in [-0.3, -0.25) is 4.79 Å². The number of rotatable bonds is 4. The van der Waals surface area contributed by atoms with Crippen LogP contribution in [-0.4, -0.2) is 17.6 Å². The van der Waals surface area contributed by atoms with E-state index in [-0.39, 0.29) is 18.6 Å². The maximum atomic E-state index is 11.1. The number of carbonyl (C=O) groups excluding carboxylic acids is 1. The Bertz CT molecular complexity index is 285. The van der Waals surface area contributed by atoms with Crippen LogP contribution in [0.25, 0.3) is 0 Å². The van der Waals surface area contributed by atoms with Crippen LogP contribution in [0.3, 0.4) is 0 Å². The lowest BCUT2D eigenvalue weighted by molar-refractivity contribution is -0.121. The molecular weight excluding hydrogens is 202 g/mol. The molecule has 0 bridgehead atoms. The van der Waals surface area contributed by atoms with Crippen LogP contribution in [0.15, 0.2) is 30.3 Å². The maximum Gasteiger partial charge on any atom is 0.220 e. The van der Waals surface area contributed by atoms with Crippen LogP contribution in [0.1, 0.15) is 38.8 Å². The van der Waals surface area contributed by atoms with Gasteiger partial charge in [0.1, 0.15) is 0 Å². The lowest BCUT2D eigenvalue weighted by atomic mass is 10.1. The van der Waals surface area contributed by atoms with Crippen molar-refractivity contribution >= 4 is 5.91 Å². The largest absolute Gasteiger partial charge is 0.394 e. The molecule has 16 heavy (non-hydrogen) atoms. The van der Waals surface area contributed by atoms with Crippen LogP contribution >= 0.6 is 0 Å². The molecule has 1 amide bonds. The molecule has 0 aliphatic rings. The predicted molar refractivity (Wildman–Crippen MR) is 66.1 cm³/mol. The number of carbonyl (C=O) groups is 1. The van der Waals surface area contributed by atoms with Crippen LogP contribution < -0.4 is 5.32 Å². The summed E-state index contributed by atoms with van der Waals surface area (Å²) in [5.41, 5.74) is 0.928. The smallest absolute Gasteiger partial charge is 0.220 e. The molecule has 0 fully saturated rings. The first-order chi connectivity index (χ1) is 7.77. The van der Waals surface area contributed by atoms with Crippen LogP contribution in [0.4, 0.5) is 0 Å². The molecule has 90 valence electrons. The van der Waals surface area contributed by atoms with E-state index in [4.69, 9.17) is 5.11 Å². The number of nitrogens with one attached hydrogen (secondary N) is 1. The number of amides is 1.